The van der Waals surface area contributed by atoms with E-state index in [0.717, 1.165) is 22.3 Å². The maximum absolute atomic E-state index is 13.1. The summed E-state index contributed by atoms with van der Waals surface area (Å²) in [5.41, 5.74) is 4.99. The molecule has 1 aromatic heterocycles. The number of carbonyl (C=O) groups excluding carboxylic acids is 2. The van der Waals surface area contributed by atoms with Crippen LogP contribution >= 0.6 is 11.8 Å². The van der Waals surface area contributed by atoms with Gasteiger partial charge in [-0.25, -0.2) is 9.48 Å². The predicted octanol–water partition coefficient (Wildman–Crippen LogP) is 5.76. The van der Waals surface area contributed by atoms with Gasteiger partial charge >= 0.3 is 6.03 Å². The van der Waals surface area contributed by atoms with Crippen LogP contribution in [-0.4, -0.2) is 55.0 Å². The summed E-state index contributed by atoms with van der Waals surface area (Å²) in [6, 6.07) is 33.6. The van der Waals surface area contributed by atoms with E-state index in [1.165, 1.54) is 18.7 Å². The highest BCUT2D eigenvalue weighted by molar-refractivity contribution is 7.99. The predicted molar refractivity (Wildman–Crippen MR) is 186 cm³/mol. The number of nitrogens with one attached hydrogen (secondary N) is 2. The quantitative estimate of drug-likeness (QED) is 0.141. The monoisotopic (exact) mass is 678 g/mol. The second kappa shape index (κ2) is 16.0. The molecule has 1 fully saturated rings. The smallest absolute Gasteiger partial charge is 0.319 e. The lowest BCUT2D eigenvalue weighted by Gasteiger charge is -2.43. The molecule has 0 spiro atoms. The van der Waals surface area contributed by atoms with Crippen molar-refractivity contribution in [2.24, 2.45) is 7.05 Å². The molecule has 5 atom stereocenters. The molecule has 5 aromatic rings. The molecule has 0 radical (unpaired) electrons. The van der Waals surface area contributed by atoms with Crippen LogP contribution in [0.15, 0.2) is 114 Å². The van der Waals surface area contributed by atoms with Gasteiger partial charge in [-0.15, -0.1) is 5.10 Å². The number of hydrogen-bond acceptors (Lipinski definition) is 9. The van der Waals surface area contributed by atoms with E-state index in [9.17, 15) is 14.7 Å². The number of ketones is 1. The van der Waals surface area contributed by atoms with E-state index in [-0.39, 0.29) is 24.4 Å². The Hall–Kier alpha value is -4.88. The summed E-state index contributed by atoms with van der Waals surface area (Å²) in [6.07, 6.45) is -1.13. The minimum Gasteiger partial charge on any atom is -0.392 e. The number of aliphatic hydroxyl groups excluding tert-OH is 1. The third-order valence-corrected chi connectivity index (χ3v) is 9.52. The highest BCUT2D eigenvalue weighted by atomic mass is 32.2. The second-order valence-electron chi connectivity index (χ2n) is 11.9. The molecule has 0 aliphatic carbocycles. The average Bonchev–Trinajstić information content (AvgIpc) is 3.55. The maximum atomic E-state index is 13.1. The van der Waals surface area contributed by atoms with Gasteiger partial charge < -0.3 is 25.2 Å². The van der Waals surface area contributed by atoms with Crippen LogP contribution in [0.5, 0.6) is 0 Å². The van der Waals surface area contributed by atoms with Gasteiger partial charge in [-0.3, -0.25) is 4.79 Å². The third kappa shape index (κ3) is 8.59. The Bertz CT molecular complexity index is 1840. The molecule has 49 heavy (non-hydrogen) atoms. The van der Waals surface area contributed by atoms with E-state index >= 15 is 0 Å². The van der Waals surface area contributed by atoms with Gasteiger partial charge in [0, 0.05) is 30.0 Å². The fourth-order valence-corrected chi connectivity index (χ4v) is 6.80. The Morgan fingerprint density at radius 1 is 0.878 bits per heavy atom. The number of benzene rings is 4. The summed E-state index contributed by atoms with van der Waals surface area (Å²) < 4.78 is 15.2. The van der Waals surface area contributed by atoms with Crippen molar-refractivity contribution in [2.75, 3.05) is 11.1 Å². The number of nitrogens with zero attached hydrogens (tertiary/aromatic N) is 4. The fraction of sp³-hybridized carbons (Fsp3) is 0.270. The largest absolute Gasteiger partial charge is 0.392 e. The number of amides is 2. The normalized spacial score (nSPS) is 19.6. The first kappa shape index (κ1) is 34.0. The summed E-state index contributed by atoms with van der Waals surface area (Å²) >= 11 is 1.50. The van der Waals surface area contributed by atoms with Gasteiger partial charge in [-0.1, -0.05) is 109 Å². The van der Waals surface area contributed by atoms with Crippen molar-refractivity contribution >= 4 is 29.3 Å². The van der Waals surface area contributed by atoms with Crippen LogP contribution in [0.25, 0.3) is 0 Å². The number of rotatable bonds is 12. The molecule has 3 N–H and O–H groups in total. The Balaban J connectivity index is 1.26. The van der Waals surface area contributed by atoms with Crippen LogP contribution in [-0.2, 0) is 34.3 Å². The van der Waals surface area contributed by atoms with Crippen molar-refractivity contribution in [3.8, 4) is 0 Å². The van der Waals surface area contributed by atoms with Crippen molar-refractivity contribution in [3.05, 3.63) is 137 Å². The molecular formula is C37H38N6O5S. The Labute approximate surface area is 289 Å². The molecule has 1 aliphatic rings. The minimum atomic E-state index is -0.779. The van der Waals surface area contributed by atoms with Gasteiger partial charge in [0.2, 0.25) is 5.16 Å². The number of anilines is 1. The number of Topliss-reactive ketones (excluding diaryl/α,β-unsaturated/α-hetero) is 1. The first-order valence-electron chi connectivity index (χ1n) is 16.0. The van der Waals surface area contributed by atoms with Gasteiger partial charge in [0.05, 0.1) is 24.9 Å². The third-order valence-electron chi connectivity index (χ3n) is 8.42. The number of urea groups is 1. The molecule has 2 amide bonds. The van der Waals surface area contributed by atoms with Crippen molar-refractivity contribution in [1.29, 1.82) is 0 Å². The number of thioether (sulfide) groups is 1. The standard InChI is InChI=1S/C37H38N6O5S/c1-24(45)31(20-25-10-5-3-6-11-25)39-36(46)38-30-15-9-14-29(21-30)35-47-32(23-49-37-40-41-42-43(37)2)33(27-12-7-4-8-13-27)34(48-35)28-18-16-26(22-44)17-19-28/h3-19,21,31-35,44H,20,22-23H2,1-2H3,(H2,38,39,46). The molecule has 12 heteroatoms. The number of aliphatic hydroxyl groups is 1. The van der Waals surface area contributed by atoms with Crippen molar-refractivity contribution < 1.29 is 24.2 Å². The van der Waals surface area contributed by atoms with Crippen LogP contribution < -0.4 is 10.6 Å². The highest BCUT2D eigenvalue weighted by Crippen LogP contribution is 2.48. The van der Waals surface area contributed by atoms with E-state index < -0.39 is 24.5 Å². The van der Waals surface area contributed by atoms with E-state index in [1.807, 2.05) is 91.0 Å². The number of hydrogen-bond donors (Lipinski definition) is 3. The number of tetrazole rings is 1. The van der Waals surface area contributed by atoms with Crippen LogP contribution in [0.2, 0.25) is 0 Å². The molecule has 4 aromatic carbocycles. The zero-order valence-corrected chi connectivity index (χ0v) is 28.0. The minimum absolute atomic E-state index is 0.0581. The number of aryl methyl sites for hydroxylation is 1. The highest BCUT2D eigenvalue weighted by Gasteiger charge is 2.42. The van der Waals surface area contributed by atoms with Gasteiger partial charge in [0.1, 0.15) is 0 Å². The average molecular weight is 679 g/mol. The topological polar surface area (TPSA) is 140 Å². The summed E-state index contributed by atoms with van der Waals surface area (Å²) in [6.45, 7) is 1.41. The summed E-state index contributed by atoms with van der Waals surface area (Å²) in [7, 11) is 1.80. The molecule has 252 valence electrons. The molecule has 6 rings (SSSR count). The molecule has 1 aliphatic heterocycles. The van der Waals surface area contributed by atoms with Crippen LogP contribution in [0, 0.1) is 0 Å². The molecule has 0 saturated carbocycles. The molecular weight excluding hydrogens is 641 g/mol. The fourth-order valence-electron chi connectivity index (χ4n) is 5.89. The maximum Gasteiger partial charge on any atom is 0.319 e. The SMILES string of the molecule is CC(=O)C(Cc1ccccc1)NC(=O)Nc1cccc(C2OC(CSc3nnnn3C)C(c3ccccc3)C(c3ccc(CO)cc3)O2)c1. The van der Waals surface area contributed by atoms with Gasteiger partial charge in [0.15, 0.2) is 12.1 Å². The van der Waals surface area contributed by atoms with Crippen LogP contribution in [0.4, 0.5) is 10.5 Å². The second-order valence-corrected chi connectivity index (χ2v) is 12.9. The first-order chi connectivity index (χ1) is 23.9. The van der Waals surface area contributed by atoms with E-state index in [0.29, 0.717) is 28.6 Å². The summed E-state index contributed by atoms with van der Waals surface area (Å²) in [4.78, 5) is 25.5. The van der Waals surface area contributed by atoms with Crippen molar-refractivity contribution in [2.45, 2.75) is 55.6 Å². The molecule has 0 bridgehead atoms. The molecule has 1 saturated heterocycles. The Morgan fingerprint density at radius 3 is 2.27 bits per heavy atom. The van der Waals surface area contributed by atoms with Gasteiger partial charge in [-0.05, 0) is 58.2 Å². The number of aromatic nitrogens is 4. The Morgan fingerprint density at radius 2 is 1.59 bits per heavy atom. The lowest BCUT2D eigenvalue weighted by molar-refractivity contribution is -0.255. The molecule has 2 heterocycles. The summed E-state index contributed by atoms with van der Waals surface area (Å²) in [5.74, 6) is 0.211. The summed E-state index contributed by atoms with van der Waals surface area (Å²) in [5, 5.41) is 28.0. The van der Waals surface area contributed by atoms with Gasteiger partial charge in [0.25, 0.3) is 0 Å². The van der Waals surface area contributed by atoms with Gasteiger partial charge in [-0.2, -0.15) is 0 Å². The molecule has 5 unspecified atom stereocenters. The van der Waals surface area contributed by atoms with E-state index in [1.54, 1.807) is 17.8 Å². The van der Waals surface area contributed by atoms with E-state index in [2.05, 4.69) is 38.3 Å². The van der Waals surface area contributed by atoms with E-state index in [4.69, 9.17) is 9.47 Å². The van der Waals surface area contributed by atoms with Crippen LogP contribution in [0.3, 0.4) is 0 Å². The zero-order chi connectivity index (χ0) is 34.2. The lowest BCUT2D eigenvalue weighted by Crippen LogP contribution is -2.43. The van der Waals surface area contributed by atoms with Crippen LogP contribution in [0.1, 0.15) is 53.1 Å². The number of ether oxygens (including phenoxy) is 2. The van der Waals surface area contributed by atoms with Crippen molar-refractivity contribution in [1.82, 2.24) is 25.5 Å². The first-order valence-corrected chi connectivity index (χ1v) is 17.0. The van der Waals surface area contributed by atoms with Crippen molar-refractivity contribution in [3.63, 3.8) is 0 Å². The lowest BCUT2D eigenvalue weighted by atomic mass is 9.84. The zero-order valence-electron chi connectivity index (χ0n) is 27.2. The molecule has 11 nitrogen and oxygen atoms in total. The Kier molecular flexibility index (Phi) is 11.1. The number of carbonyl (C=O) groups is 2.